The van der Waals surface area contributed by atoms with Crippen LogP contribution in [0.25, 0.3) is 0 Å². The fourth-order valence-corrected chi connectivity index (χ4v) is 1.12. The summed E-state index contributed by atoms with van der Waals surface area (Å²) in [5.41, 5.74) is 5.88. The number of nitrogens with one attached hydrogen (secondary N) is 3. The number of amides is 2. The predicted molar refractivity (Wildman–Crippen MR) is 66.5 cm³/mol. The number of hydrogen-bond acceptors (Lipinski definition) is 3. The fraction of sp³-hybridized carbons (Fsp3) is 0.273. The van der Waals surface area contributed by atoms with E-state index in [1.807, 2.05) is 0 Å². The molecule has 0 aliphatic carbocycles. The number of nitrogens with two attached hydrogens (primary N) is 1. The number of anilines is 1. The summed E-state index contributed by atoms with van der Waals surface area (Å²) >= 11 is 0. The van der Waals surface area contributed by atoms with Crippen LogP contribution in [0.1, 0.15) is 6.92 Å². The van der Waals surface area contributed by atoms with E-state index in [2.05, 4.69) is 10.6 Å². The van der Waals surface area contributed by atoms with Crippen LogP contribution in [0.2, 0.25) is 0 Å². The number of methoxy groups -OCH3 is 1. The molecule has 0 saturated carbocycles. The van der Waals surface area contributed by atoms with Crippen LogP contribution in [-0.4, -0.2) is 25.0 Å². The number of carbonyl (C=O) groups excluding carboxylic acids is 1. The Morgan fingerprint density at radius 1 is 1.41 bits per heavy atom. The largest absolute Gasteiger partial charge is 0.497 e. The smallest absolute Gasteiger partial charge is 0.319 e. The van der Waals surface area contributed by atoms with E-state index in [0.29, 0.717) is 11.4 Å². The lowest BCUT2D eigenvalue weighted by Gasteiger charge is -2.13. The van der Waals surface area contributed by atoms with E-state index in [1.165, 1.54) is 0 Å². The molecular formula is C11H16N4O2. The Morgan fingerprint density at radius 3 is 2.47 bits per heavy atom. The number of ether oxygens (including phenoxy) is 1. The van der Waals surface area contributed by atoms with Crippen molar-refractivity contribution in [3.05, 3.63) is 24.3 Å². The number of amidine groups is 1. The highest BCUT2D eigenvalue weighted by Gasteiger charge is 2.09. The van der Waals surface area contributed by atoms with Gasteiger partial charge in [0, 0.05) is 5.69 Å². The SMILES string of the molecule is COc1ccc(NC(=O)NC(C)C(=N)N)cc1. The van der Waals surface area contributed by atoms with Crippen LogP contribution in [-0.2, 0) is 0 Å². The van der Waals surface area contributed by atoms with Crippen molar-refractivity contribution in [2.45, 2.75) is 13.0 Å². The summed E-state index contributed by atoms with van der Waals surface area (Å²) in [4.78, 5) is 11.5. The Kier molecular flexibility index (Phi) is 4.33. The van der Waals surface area contributed by atoms with Gasteiger partial charge in [-0.1, -0.05) is 0 Å². The van der Waals surface area contributed by atoms with Crippen LogP contribution in [0.3, 0.4) is 0 Å². The van der Waals surface area contributed by atoms with Crippen LogP contribution in [0.15, 0.2) is 24.3 Å². The first kappa shape index (κ1) is 12.8. The Bertz CT molecular complexity index is 402. The van der Waals surface area contributed by atoms with Gasteiger partial charge in [-0.25, -0.2) is 4.79 Å². The highest BCUT2D eigenvalue weighted by atomic mass is 16.5. The van der Waals surface area contributed by atoms with E-state index in [4.69, 9.17) is 15.9 Å². The average Bonchev–Trinajstić information content (AvgIpc) is 2.29. The second-order valence-corrected chi connectivity index (χ2v) is 3.50. The van der Waals surface area contributed by atoms with Crippen molar-refractivity contribution in [2.24, 2.45) is 5.73 Å². The van der Waals surface area contributed by atoms with E-state index < -0.39 is 12.1 Å². The van der Waals surface area contributed by atoms with Gasteiger partial charge in [0.25, 0.3) is 0 Å². The van der Waals surface area contributed by atoms with E-state index in [0.717, 1.165) is 0 Å². The third-order valence-electron chi connectivity index (χ3n) is 2.16. The van der Waals surface area contributed by atoms with E-state index in [1.54, 1.807) is 38.3 Å². The molecule has 0 spiro atoms. The normalized spacial score (nSPS) is 11.4. The maximum Gasteiger partial charge on any atom is 0.319 e. The predicted octanol–water partition coefficient (Wildman–Crippen LogP) is 1.14. The molecule has 0 aromatic heterocycles. The van der Waals surface area contributed by atoms with Gasteiger partial charge in [-0.05, 0) is 31.2 Å². The van der Waals surface area contributed by atoms with Crippen LogP contribution in [0.5, 0.6) is 5.75 Å². The van der Waals surface area contributed by atoms with Gasteiger partial charge in [-0.15, -0.1) is 0 Å². The van der Waals surface area contributed by atoms with E-state index in [9.17, 15) is 4.79 Å². The second kappa shape index (κ2) is 5.74. The highest BCUT2D eigenvalue weighted by molar-refractivity contribution is 5.93. The Labute approximate surface area is 99.7 Å². The van der Waals surface area contributed by atoms with Gasteiger partial charge < -0.3 is 21.1 Å². The number of rotatable bonds is 4. The van der Waals surface area contributed by atoms with Crippen LogP contribution in [0, 0.1) is 5.41 Å². The minimum atomic E-state index is -0.492. The van der Waals surface area contributed by atoms with E-state index in [-0.39, 0.29) is 5.84 Å². The van der Waals surface area contributed by atoms with Crippen LogP contribution in [0.4, 0.5) is 10.5 Å². The summed E-state index contributed by atoms with van der Waals surface area (Å²) < 4.78 is 5.00. The first-order valence-corrected chi connectivity index (χ1v) is 5.08. The first-order valence-electron chi connectivity index (χ1n) is 5.08. The quantitative estimate of drug-likeness (QED) is 0.466. The molecular weight excluding hydrogens is 220 g/mol. The topological polar surface area (TPSA) is 100 Å². The van der Waals surface area contributed by atoms with Gasteiger partial charge in [0.2, 0.25) is 0 Å². The standard InChI is InChI=1S/C11H16N4O2/c1-7(10(12)13)14-11(16)15-8-3-5-9(17-2)6-4-8/h3-7H,1-2H3,(H3,12,13)(H2,14,15,16). The third kappa shape index (κ3) is 4.02. The van der Waals surface area contributed by atoms with Crippen molar-refractivity contribution in [3.8, 4) is 5.75 Å². The molecule has 5 N–H and O–H groups in total. The van der Waals surface area contributed by atoms with Gasteiger partial charge in [0.05, 0.1) is 13.2 Å². The highest BCUT2D eigenvalue weighted by Crippen LogP contribution is 2.14. The molecule has 1 rings (SSSR count). The zero-order valence-electron chi connectivity index (χ0n) is 9.78. The van der Waals surface area contributed by atoms with Crippen molar-refractivity contribution >= 4 is 17.6 Å². The molecule has 92 valence electrons. The van der Waals surface area contributed by atoms with Gasteiger partial charge in [-0.2, -0.15) is 0 Å². The van der Waals surface area contributed by atoms with E-state index >= 15 is 0 Å². The summed E-state index contributed by atoms with van der Waals surface area (Å²) in [6.45, 7) is 1.63. The lowest BCUT2D eigenvalue weighted by Crippen LogP contribution is -2.43. The Balaban J connectivity index is 2.53. The first-order chi connectivity index (χ1) is 8.02. The molecule has 2 amide bonds. The summed E-state index contributed by atoms with van der Waals surface area (Å²) in [7, 11) is 1.57. The average molecular weight is 236 g/mol. The molecule has 0 heterocycles. The lowest BCUT2D eigenvalue weighted by molar-refractivity contribution is 0.251. The van der Waals surface area contributed by atoms with Crippen molar-refractivity contribution in [1.29, 1.82) is 5.41 Å². The maximum atomic E-state index is 11.5. The minimum Gasteiger partial charge on any atom is -0.497 e. The Hall–Kier alpha value is -2.24. The molecule has 1 atom stereocenters. The molecule has 0 aliphatic rings. The minimum absolute atomic E-state index is 0.0881. The number of benzene rings is 1. The molecule has 0 bridgehead atoms. The second-order valence-electron chi connectivity index (χ2n) is 3.50. The molecule has 0 saturated heterocycles. The van der Waals surface area contributed by atoms with Gasteiger partial charge in [0.1, 0.15) is 11.6 Å². The van der Waals surface area contributed by atoms with Gasteiger partial charge in [-0.3, -0.25) is 5.41 Å². The molecule has 17 heavy (non-hydrogen) atoms. The van der Waals surface area contributed by atoms with Gasteiger partial charge in [0.15, 0.2) is 0 Å². The molecule has 0 aliphatic heterocycles. The Morgan fingerprint density at radius 2 is 2.00 bits per heavy atom. The third-order valence-corrected chi connectivity index (χ3v) is 2.16. The molecule has 6 heteroatoms. The van der Waals surface area contributed by atoms with Crippen molar-refractivity contribution in [3.63, 3.8) is 0 Å². The molecule has 0 fully saturated rings. The number of hydrogen-bond donors (Lipinski definition) is 4. The van der Waals surface area contributed by atoms with Crippen molar-refractivity contribution in [1.82, 2.24) is 5.32 Å². The number of urea groups is 1. The zero-order valence-corrected chi connectivity index (χ0v) is 9.78. The molecule has 1 unspecified atom stereocenters. The summed E-state index contributed by atoms with van der Waals surface area (Å²) in [6.07, 6.45) is 0. The monoisotopic (exact) mass is 236 g/mol. The molecule has 6 nitrogen and oxygen atoms in total. The number of carbonyl (C=O) groups is 1. The summed E-state index contributed by atoms with van der Waals surface area (Å²) in [5, 5.41) is 12.3. The molecule has 0 radical (unpaired) electrons. The summed E-state index contributed by atoms with van der Waals surface area (Å²) in [6, 6.07) is 6.02. The lowest BCUT2D eigenvalue weighted by atomic mass is 10.3. The van der Waals surface area contributed by atoms with Crippen molar-refractivity contribution < 1.29 is 9.53 Å². The van der Waals surface area contributed by atoms with Crippen LogP contribution >= 0.6 is 0 Å². The zero-order chi connectivity index (χ0) is 12.8. The molecule has 1 aromatic rings. The van der Waals surface area contributed by atoms with Crippen LogP contribution < -0.4 is 21.1 Å². The van der Waals surface area contributed by atoms with Crippen molar-refractivity contribution in [2.75, 3.05) is 12.4 Å². The maximum absolute atomic E-state index is 11.5. The molecule has 1 aromatic carbocycles. The summed E-state index contributed by atoms with van der Waals surface area (Å²) in [5.74, 6) is 0.628. The fourth-order valence-electron chi connectivity index (χ4n) is 1.12. The van der Waals surface area contributed by atoms with Gasteiger partial charge >= 0.3 is 6.03 Å².